The van der Waals surface area contributed by atoms with Crippen LogP contribution in [-0.2, 0) is 4.74 Å². The molecule has 0 radical (unpaired) electrons. The topological polar surface area (TPSA) is 9.23 Å². The molecule has 0 spiro atoms. The minimum Gasteiger partial charge on any atom is -0.467 e. The third kappa shape index (κ3) is 1.23. The first-order valence-corrected chi connectivity index (χ1v) is 3.62. The molecular weight excluding hydrogens is 124 g/mol. The molecule has 0 aliphatic carbocycles. The first-order chi connectivity index (χ1) is 4.61. The van der Waals surface area contributed by atoms with E-state index in [1.165, 1.54) is 11.1 Å². The summed E-state index contributed by atoms with van der Waals surface area (Å²) in [5.41, 5.74) is 2.70. The highest BCUT2D eigenvalue weighted by atomic mass is 16.5. The first kappa shape index (κ1) is 7.39. The van der Waals surface area contributed by atoms with Crippen LogP contribution in [0.1, 0.15) is 34.1 Å². The van der Waals surface area contributed by atoms with Crippen molar-refractivity contribution in [2.75, 3.05) is 0 Å². The molecule has 1 rings (SSSR count). The molecule has 1 heteroatoms. The quantitative estimate of drug-likeness (QED) is 0.500. The van der Waals surface area contributed by atoms with Gasteiger partial charge in [0, 0.05) is 0 Å². The van der Waals surface area contributed by atoms with E-state index in [1.54, 1.807) is 0 Å². The smallest absolute Gasteiger partial charge is 0.0997 e. The highest BCUT2D eigenvalue weighted by Gasteiger charge is 2.09. The van der Waals surface area contributed by atoms with Gasteiger partial charge in [0.2, 0.25) is 0 Å². The Morgan fingerprint density at radius 3 is 1.60 bits per heavy atom. The van der Waals surface area contributed by atoms with Gasteiger partial charge in [-0.25, -0.2) is 0 Å². The fraction of sp³-hybridized carbons (Fsp3) is 0.556. The molecular formula is C9H14O. The number of hydrogen-bond donors (Lipinski definition) is 0. The van der Waals surface area contributed by atoms with Crippen LogP contribution in [0.15, 0.2) is 22.7 Å². The summed E-state index contributed by atoms with van der Waals surface area (Å²) in [6.45, 7) is 8.27. The summed E-state index contributed by atoms with van der Waals surface area (Å²) >= 11 is 0. The van der Waals surface area contributed by atoms with Gasteiger partial charge < -0.3 is 4.74 Å². The van der Waals surface area contributed by atoms with E-state index in [0.29, 0.717) is 0 Å². The van der Waals surface area contributed by atoms with Gasteiger partial charge in [-0.05, 0) is 45.3 Å². The molecule has 1 heterocycles. The molecule has 1 nitrogen and oxygen atoms in total. The van der Waals surface area contributed by atoms with Crippen LogP contribution < -0.4 is 0 Å². The van der Waals surface area contributed by atoms with Crippen LogP contribution in [0.5, 0.6) is 0 Å². The van der Waals surface area contributed by atoms with Gasteiger partial charge in [-0.15, -0.1) is 0 Å². The third-order valence-electron chi connectivity index (χ3n) is 2.04. The van der Waals surface area contributed by atoms with Crippen molar-refractivity contribution < 1.29 is 4.74 Å². The highest BCUT2D eigenvalue weighted by molar-refractivity contribution is 5.22. The fourth-order valence-electron chi connectivity index (χ4n) is 1.05. The number of hydrogen-bond acceptors (Lipinski definition) is 1. The molecule has 0 aromatic heterocycles. The molecule has 0 N–H and O–H groups in total. The van der Waals surface area contributed by atoms with Gasteiger partial charge >= 0.3 is 0 Å². The SMILES string of the molecule is CC1=C(C)OC(C)=C(C)C1. The molecule has 0 saturated heterocycles. The summed E-state index contributed by atoms with van der Waals surface area (Å²) in [5, 5.41) is 0. The zero-order chi connectivity index (χ0) is 7.72. The van der Waals surface area contributed by atoms with Gasteiger partial charge in [0.25, 0.3) is 0 Å². The van der Waals surface area contributed by atoms with Crippen molar-refractivity contribution in [3.63, 3.8) is 0 Å². The molecule has 1 aliphatic rings. The Bertz CT molecular complexity index is 165. The Morgan fingerprint density at radius 2 is 1.30 bits per heavy atom. The molecule has 1 aliphatic heterocycles. The molecule has 56 valence electrons. The second kappa shape index (κ2) is 2.49. The minimum atomic E-state index is 1.07. The van der Waals surface area contributed by atoms with Crippen LogP contribution in [-0.4, -0.2) is 0 Å². The second-order valence-electron chi connectivity index (χ2n) is 2.95. The van der Waals surface area contributed by atoms with Crippen molar-refractivity contribution >= 4 is 0 Å². The van der Waals surface area contributed by atoms with Crippen molar-refractivity contribution in [3.05, 3.63) is 22.7 Å². The van der Waals surface area contributed by atoms with Crippen LogP contribution in [0.25, 0.3) is 0 Å². The normalized spacial score (nSPS) is 19.6. The third-order valence-corrected chi connectivity index (χ3v) is 2.04. The average molecular weight is 138 g/mol. The van der Waals surface area contributed by atoms with Gasteiger partial charge in [-0.1, -0.05) is 0 Å². The summed E-state index contributed by atoms with van der Waals surface area (Å²) in [5.74, 6) is 2.14. The summed E-state index contributed by atoms with van der Waals surface area (Å²) < 4.78 is 5.47. The maximum atomic E-state index is 5.47. The molecule has 0 aromatic carbocycles. The molecule has 0 amide bonds. The van der Waals surface area contributed by atoms with E-state index in [2.05, 4.69) is 13.8 Å². The van der Waals surface area contributed by atoms with E-state index in [0.717, 1.165) is 17.9 Å². The standard InChI is InChI=1S/C9H14O/c1-6-5-7(2)9(4)10-8(6)3/h5H2,1-4H3. The lowest BCUT2D eigenvalue weighted by Crippen LogP contribution is -2.00. The molecule has 10 heavy (non-hydrogen) atoms. The molecule has 0 bridgehead atoms. The van der Waals surface area contributed by atoms with Crippen molar-refractivity contribution in [1.82, 2.24) is 0 Å². The highest BCUT2D eigenvalue weighted by Crippen LogP contribution is 2.25. The lowest BCUT2D eigenvalue weighted by molar-refractivity contribution is 0.288. The summed E-state index contributed by atoms with van der Waals surface area (Å²) in [4.78, 5) is 0. The van der Waals surface area contributed by atoms with E-state index in [9.17, 15) is 0 Å². The maximum Gasteiger partial charge on any atom is 0.0997 e. The van der Waals surface area contributed by atoms with Crippen molar-refractivity contribution in [1.29, 1.82) is 0 Å². The van der Waals surface area contributed by atoms with Crippen LogP contribution in [0.2, 0.25) is 0 Å². The summed E-state index contributed by atoms with van der Waals surface area (Å²) in [6.07, 6.45) is 1.08. The lowest BCUT2D eigenvalue weighted by atomic mass is 10.0. The summed E-state index contributed by atoms with van der Waals surface area (Å²) in [6, 6.07) is 0. The molecule has 0 aromatic rings. The molecule has 0 saturated carbocycles. The monoisotopic (exact) mass is 138 g/mol. The average Bonchev–Trinajstić information content (AvgIpc) is 1.84. The van der Waals surface area contributed by atoms with E-state index in [-0.39, 0.29) is 0 Å². The van der Waals surface area contributed by atoms with Crippen LogP contribution in [0.4, 0.5) is 0 Å². The van der Waals surface area contributed by atoms with Crippen LogP contribution >= 0.6 is 0 Å². The predicted octanol–water partition coefficient (Wildman–Crippen LogP) is 2.99. The Morgan fingerprint density at radius 1 is 0.900 bits per heavy atom. The predicted molar refractivity (Wildman–Crippen MR) is 42.5 cm³/mol. The van der Waals surface area contributed by atoms with Gasteiger partial charge in [-0.3, -0.25) is 0 Å². The Kier molecular flexibility index (Phi) is 1.84. The Hall–Kier alpha value is -0.720. The zero-order valence-electron chi connectivity index (χ0n) is 7.12. The number of rotatable bonds is 0. The molecule has 0 fully saturated rings. The number of allylic oxidation sites excluding steroid dienone is 4. The Labute approximate surface area is 62.4 Å². The maximum absolute atomic E-state index is 5.47. The first-order valence-electron chi connectivity index (χ1n) is 3.62. The van der Waals surface area contributed by atoms with Crippen molar-refractivity contribution in [2.24, 2.45) is 0 Å². The van der Waals surface area contributed by atoms with Gasteiger partial charge in [0.05, 0.1) is 11.5 Å². The van der Waals surface area contributed by atoms with Gasteiger partial charge in [0.1, 0.15) is 0 Å². The van der Waals surface area contributed by atoms with E-state index < -0.39 is 0 Å². The second-order valence-corrected chi connectivity index (χ2v) is 2.95. The van der Waals surface area contributed by atoms with Crippen molar-refractivity contribution in [2.45, 2.75) is 34.1 Å². The van der Waals surface area contributed by atoms with E-state index >= 15 is 0 Å². The van der Waals surface area contributed by atoms with E-state index in [1.807, 2.05) is 13.8 Å². The summed E-state index contributed by atoms with van der Waals surface area (Å²) in [7, 11) is 0. The van der Waals surface area contributed by atoms with Crippen molar-refractivity contribution in [3.8, 4) is 0 Å². The van der Waals surface area contributed by atoms with Gasteiger partial charge in [0.15, 0.2) is 0 Å². The fourth-order valence-corrected chi connectivity index (χ4v) is 1.05. The lowest BCUT2D eigenvalue weighted by Gasteiger charge is -2.18. The molecule has 0 unspecified atom stereocenters. The minimum absolute atomic E-state index is 1.07. The largest absolute Gasteiger partial charge is 0.467 e. The molecule has 0 atom stereocenters. The van der Waals surface area contributed by atoms with Crippen LogP contribution in [0.3, 0.4) is 0 Å². The Balaban J connectivity index is 2.81. The number of ether oxygens (including phenoxy) is 1. The zero-order valence-corrected chi connectivity index (χ0v) is 7.12. The van der Waals surface area contributed by atoms with E-state index in [4.69, 9.17) is 4.74 Å². The van der Waals surface area contributed by atoms with Crippen LogP contribution in [0, 0.1) is 0 Å². The van der Waals surface area contributed by atoms with Gasteiger partial charge in [-0.2, -0.15) is 0 Å².